The van der Waals surface area contributed by atoms with E-state index in [4.69, 9.17) is 0 Å². The standard InChI is InChI=1S/C15H20O3/c16-14(17)13(12-8-4-3-5-9-12)15(18)10-6-1-2-7-11-15/h3-5,8-9,13,18H,1-2,6-7,10-11H2,(H,16,17)/t13-/m0/s1. The van der Waals surface area contributed by atoms with Gasteiger partial charge in [-0.05, 0) is 18.4 Å². The van der Waals surface area contributed by atoms with Gasteiger partial charge in [0.25, 0.3) is 0 Å². The fourth-order valence-corrected chi connectivity index (χ4v) is 2.96. The monoisotopic (exact) mass is 248 g/mol. The van der Waals surface area contributed by atoms with Crippen LogP contribution in [-0.2, 0) is 4.79 Å². The van der Waals surface area contributed by atoms with Crippen molar-refractivity contribution in [2.24, 2.45) is 0 Å². The molecule has 1 aliphatic carbocycles. The number of hydrogen-bond acceptors (Lipinski definition) is 2. The van der Waals surface area contributed by atoms with E-state index in [1.54, 1.807) is 12.1 Å². The molecule has 98 valence electrons. The molecule has 0 spiro atoms. The first kappa shape index (κ1) is 13.1. The van der Waals surface area contributed by atoms with Gasteiger partial charge in [0.15, 0.2) is 0 Å². The Bertz CT molecular complexity index is 391. The number of rotatable bonds is 3. The molecule has 0 heterocycles. The molecule has 1 fully saturated rings. The summed E-state index contributed by atoms with van der Waals surface area (Å²) in [6.45, 7) is 0. The molecule has 0 radical (unpaired) electrons. The summed E-state index contributed by atoms with van der Waals surface area (Å²) in [4.78, 5) is 11.6. The molecule has 1 saturated carbocycles. The van der Waals surface area contributed by atoms with Crippen LogP contribution in [-0.4, -0.2) is 21.8 Å². The number of aliphatic carboxylic acids is 1. The molecule has 0 bridgehead atoms. The van der Waals surface area contributed by atoms with E-state index in [2.05, 4.69) is 0 Å². The normalized spacial score (nSPS) is 20.9. The molecule has 18 heavy (non-hydrogen) atoms. The summed E-state index contributed by atoms with van der Waals surface area (Å²) < 4.78 is 0. The smallest absolute Gasteiger partial charge is 0.313 e. The Labute approximate surface area is 107 Å². The van der Waals surface area contributed by atoms with Crippen LogP contribution in [0.5, 0.6) is 0 Å². The lowest BCUT2D eigenvalue weighted by molar-refractivity contribution is -0.146. The highest BCUT2D eigenvalue weighted by Gasteiger charge is 2.42. The molecule has 0 saturated heterocycles. The van der Waals surface area contributed by atoms with Crippen molar-refractivity contribution in [3.63, 3.8) is 0 Å². The molecule has 0 amide bonds. The van der Waals surface area contributed by atoms with E-state index in [-0.39, 0.29) is 0 Å². The number of hydrogen-bond donors (Lipinski definition) is 2. The van der Waals surface area contributed by atoms with E-state index in [1.807, 2.05) is 18.2 Å². The van der Waals surface area contributed by atoms with E-state index >= 15 is 0 Å². The third-order valence-electron chi connectivity index (χ3n) is 3.89. The van der Waals surface area contributed by atoms with E-state index in [0.717, 1.165) is 25.7 Å². The van der Waals surface area contributed by atoms with Gasteiger partial charge in [-0.15, -0.1) is 0 Å². The minimum Gasteiger partial charge on any atom is -0.481 e. The van der Waals surface area contributed by atoms with E-state index < -0.39 is 17.5 Å². The Balaban J connectivity index is 2.32. The fraction of sp³-hybridized carbons (Fsp3) is 0.533. The van der Waals surface area contributed by atoms with E-state index in [0.29, 0.717) is 18.4 Å². The summed E-state index contributed by atoms with van der Waals surface area (Å²) in [7, 11) is 0. The Kier molecular flexibility index (Phi) is 4.02. The second kappa shape index (κ2) is 5.53. The Hall–Kier alpha value is -1.35. The SMILES string of the molecule is O=C(O)[C@H](c1ccccc1)C1(O)CCCCCC1. The van der Waals surface area contributed by atoms with Gasteiger partial charge >= 0.3 is 5.97 Å². The highest BCUT2D eigenvalue weighted by Crippen LogP contribution is 2.39. The molecule has 3 nitrogen and oxygen atoms in total. The number of benzene rings is 1. The molecule has 0 unspecified atom stereocenters. The number of aliphatic hydroxyl groups is 1. The zero-order valence-corrected chi connectivity index (χ0v) is 10.5. The summed E-state index contributed by atoms with van der Waals surface area (Å²) in [5.74, 6) is -1.73. The first-order chi connectivity index (χ1) is 8.63. The highest BCUT2D eigenvalue weighted by atomic mass is 16.4. The maximum atomic E-state index is 11.6. The molecule has 2 rings (SSSR count). The van der Waals surface area contributed by atoms with Crippen LogP contribution >= 0.6 is 0 Å². The van der Waals surface area contributed by atoms with Gasteiger partial charge in [-0.2, -0.15) is 0 Å². The second-order valence-corrected chi connectivity index (χ2v) is 5.20. The maximum Gasteiger partial charge on any atom is 0.313 e. The van der Waals surface area contributed by atoms with Gasteiger partial charge in [-0.1, -0.05) is 56.0 Å². The van der Waals surface area contributed by atoms with Crippen molar-refractivity contribution in [1.29, 1.82) is 0 Å². The third-order valence-corrected chi connectivity index (χ3v) is 3.89. The molecule has 1 aliphatic rings. The topological polar surface area (TPSA) is 57.5 Å². The quantitative estimate of drug-likeness (QED) is 0.808. The van der Waals surface area contributed by atoms with Gasteiger partial charge in [0.05, 0.1) is 5.60 Å². The van der Waals surface area contributed by atoms with Crippen LogP contribution in [0.4, 0.5) is 0 Å². The number of carboxylic acids is 1. The summed E-state index contributed by atoms with van der Waals surface area (Å²) in [5, 5.41) is 20.2. The van der Waals surface area contributed by atoms with Crippen molar-refractivity contribution < 1.29 is 15.0 Å². The molecule has 2 N–H and O–H groups in total. The molecule has 1 aromatic carbocycles. The maximum absolute atomic E-state index is 11.6. The number of carboxylic acid groups (broad SMARTS) is 1. The van der Waals surface area contributed by atoms with Crippen molar-refractivity contribution in [1.82, 2.24) is 0 Å². The van der Waals surface area contributed by atoms with Gasteiger partial charge in [0, 0.05) is 0 Å². The Morgan fingerprint density at radius 1 is 1.06 bits per heavy atom. The zero-order valence-electron chi connectivity index (χ0n) is 10.5. The average Bonchev–Trinajstić information content (AvgIpc) is 2.55. The molecule has 0 aromatic heterocycles. The fourth-order valence-electron chi connectivity index (χ4n) is 2.96. The molecule has 1 atom stereocenters. The highest BCUT2D eigenvalue weighted by molar-refractivity contribution is 5.77. The van der Waals surface area contributed by atoms with Gasteiger partial charge < -0.3 is 10.2 Å². The van der Waals surface area contributed by atoms with Gasteiger partial charge in [-0.25, -0.2) is 0 Å². The van der Waals surface area contributed by atoms with Crippen molar-refractivity contribution in [3.05, 3.63) is 35.9 Å². The predicted molar refractivity (Wildman–Crippen MR) is 69.5 cm³/mol. The van der Waals surface area contributed by atoms with Crippen molar-refractivity contribution >= 4 is 5.97 Å². The first-order valence-corrected chi connectivity index (χ1v) is 6.64. The largest absolute Gasteiger partial charge is 0.481 e. The second-order valence-electron chi connectivity index (χ2n) is 5.20. The van der Waals surface area contributed by atoms with Crippen LogP contribution in [0.1, 0.15) is 50.0 Å². The molecule has 3 heteroatoms. The van der Waals surface area contributed by atoms with E-state index in [1.165, 1.54) is 0 Å². The predicted octanol–water partition coefficient (Wildman–Crippen LogP) is 2.94. The van der Waals surface area contributed by atoms with Crippen LogP contribution in [0.15, 0.2) is 30.3 Å². The summed E-state index contributed by atoms with van der Waals surface area (Å²) in [6, 6.07) is 9.10. The molecule has 1 aromatic rings. The van der Waals surface area contributed by atoms with Crippen molar-refractivity contribution in [2.45, 2.75) is 50.0 Å². The van der Waals surface area contributed by atoms with Crippen LogP contribution in [0.3, 0.4) is 0 Å². The average molecular weight is 248 g/mol. The van der Waals surface area contributed by atoms with Crippen LogP contribution in [0.2, 0.25) is 0 Å². The number of carbonyl (C=O) groups is 1. The Morgan fingerprint density at radius 3 is 2.11 bits per heavy atom. The summed E-state index contributed by atoms with van der Waals surface area (Å²) in [5.41, 5.74) is -0.390. The van der Waals surface area contributed by atoms with Gasteiger partial charge in [0.2, 0.25) is 0 Å². The Morgan fingerprint density at radius 2 is 1.61 bits per heavy atom. The first-order valence-electron chi connectivity index (χ1n) is 6.64. The van der Waals surface area contributed by atoms with E-state index in [9.17, 15) is 15.0 Å². The van der Waals surface area contributed by atoms with Crippen LogP contribution in [0, 0.1) is 0 Å². The summed E-state index contributed by atoms with van der Waals surface area (Å²) in [6.07, 6.45) is 5.16. The molecular weight excluding hydrogens is 228 g/mol. The minimum absolute atomic E-state index is 0.582. The molecular formula is C15H20O3. The summed E-state index contributed by atoms with van der Waals surface area (Å²) >= 11 is 0. The van der Waals surface area contributed by atoms with Crippen molar-refractivity contribution in [2.75, 3.05) is 0 Å². The van der Waals surface area contributed by atoms with Crippen LogP contribution in [0.25, 0.3) is 0 Å². The lowest BCUT2D eigenvalue weighted by Gasteiger charge is -2.33. The van der Waals surface area contributed by atoms with Crippen LogP contribution < -0.4 is 0 Å². The zero-order chi connectivity index (χ0) is 13.0. The lowest BCUT2D eigenvalue weighted by atomic mass is 9.77. The van der Waals surface area contributed by atoms with Gasteiger partial charge in [-0.3, -0.25) is 4.79 Å². The molecule has 0 aliphatic heterocycles. The third kappa shape index (κ3) is 2.72. The lowest BCUT2D eigenvalue weighted by Crippen LogP contribution is -2.40. The van der Waals surface area contributed by atoms with Gasteiger partial charge in [0.1, 0.15) is 5.92 Å². The minimum atomic E-state index is -1.09. The van der Waals surface area contributed by atoms with Crippen molar-refractivity contribution in [3.8, 4) is 0 Å².